The quantitative estimate of drug-likeness (QED) is 0.271. The zero-order chi connectivity index (χ0) is 30.5. The second-order valence-corrected chi connectivity index (χ2v) is 11.1. The molecule has 11 nitrogen and oxygen atoms in total. The topological polar surface area (TPSA) is 150 Å². The zero-order valence-corrected chi connectivity index (χ0v) is 24.6. The molecule has 1 aromatic heterocycles. The lowest BCUT2D eigenvalue weighted by atomic mass is 9.75. The number of nitrogens with one attached hydrogen (secondary N) is 1. The summed E-state index contributed by atoms with van der Waals surface area (Å²) in [6, 6.07) is 15.5. The van der Waals surface area contributed by atoms with Crippen LogP contribution in [0.1, 0.15) is 62.0 Å². The van der Waals surface area contributed by atoms with Gasteiger partial charge in [-0.05, 0) is 94.1 Å². The largest absolute Gasteiger partial charge is 0.497 e. The first kappa shape index (κ1) is 30.0. The van der Waals surface area contributed by atoms with E-state index in [9.17, 15) is 19.8 Å². The van der Waals surface area contributed by atoms with Crippen LogP contribution in [0.5, 0.6) is 5.75 Å². The highest BCUT2D eigenvalue weighted by atomic mass is 16.5. The summed E-state index contributed by atoms with van der Waals surface area (Å²) in [5.74, 6) is -2.32. The minimum atomic E-state index is -1.19. The van der Waals surface area contributed by atoms with Gasteiger partial charge in [-0.15, -0.1) is 5.10 Å². The maximum Gasteiger partial charge on any atom is 0.334 e. The number of likely N-dealkylation sites (tertiary alicyclic amines) is 1. The van der Waals surface area contributed by atoms with Crippen molar-refractivity contribution in [3.63, 3.8) is 0 Å². The number of carbonyl (C=O) groups is 2. The van der Waals surface area contributed by atoms with Crippen molar-refractivity contribution in [2.45, 2.75) is 51.4 Å². The lowest BCUT2D eigenvalue weighted by Gasteiger charge is -2.32. The van der Waals surface area contributed by atoms with Crippen LogP contribution in [0.2, 0.25) is 0 Å². The van der Waals surface area contributed by atoms with E-state index in [-0.39, 0.29) is 11.6 Å². The minimum Gasteiger partial charge on any atom is -0.497 e. The zero-order valence-electron chi connectivity index (χ0n) is 24.6. The maximum absolute atomic E-state index is 12.1. The van der Waals surface area contributed by atoms with Crippen LogP contribution in [-0.4, -0.2) is 69.7 Å². The molecule has 226 valence electrons. The van der Waals surface area contributed by atoms with Crippen molar-refractivity contribution in [2.75, 3.05) is 32.1 Å². The SMILES string of the molecule is COc1cccc(C2CCN(CCCc3nnc(Nc4cccc(C5C(C(=O)O)=C(C)N=C(C)C5C(=O)O)c4)o3)CC2)c1. The predicted molar refractivity (Wildman–Crippen MR) is 161 cm³/mol. The Morgan fingerprint density at radius 2 is 1.79 bits per heavy atom. The number of carboxylic acid groups (broad SMARTS) is 2. The number of hydrogen-bond donors (Lipinski definition) is 3. The molecular weight excluding hydrogens is 550 g/mol. The number of aliphatic carboxylic acids is 2. The lowest BCUT2D eigenvalue weighted by molar-refractivity contribution is -0.140. The summed E-state index contributed by atoms with van der Waals surface area (Å²) in [4.78, 5) is 30.9. The smallest absolute Gasteiger partial charge is 0.334 e. The Morgan fingerprint density at radius 3 is 2.51 bits per heavy atom. The molecule has 0 bridgehead atoms. The number of methoxy groups -OCH3 is 1. The van der Waals surface area contributed by atoms with Gasteiger partial charge in [0.1, 0.15) is 11.7 Å². The first-order chi connectivity index (χ1) is 20.7. The van der Waals surface area contributed by atoms with Crippen molar-refractivity contribution in [3.8, 4) is 5.75 Å². The minimum absolute atomic E-state index is 0.0280. The summed E-state index contributed by atoms with van der Waals surface area (Å²) in [5, 5.41) is 31.2. The molecule has 5 rings (SSSR count). The van der Waals surface area contributed by atoms with Gasteiger partial charge >= 0.3 is 18.0 Å². The number of aromatic nitrogens is 2. The van der Waals surface area contributed by atoms with Crippen LogP contribution in [0, 0.1) is 5.92 Å². The highest BCUT2D eigenvalue weighted by molar-refractivity contribution is 6.06. The van der Waals surface area contributed by atoms with Crippen LogP contribution in [0.4, 0.5) is 11.7 Å². The van der Waals surface area contributed by atoms with Gasteiger partial charge in [-0.1, -0.05) is 29.4 Å². The molecule has 0 amide bonds. The van der Waals surface area contributed by atoms with Gasteiger partial charge in [-0.25, -0.2) is 4.79 Å². The molecule has 2 atom stereocenters. The predicted octanol–water partition coefficient (Wildman–Crippen LogP) is 5.25. The Kier molecular flexibility index (Phi) is 9.20. The molecule has 2 aliphatic rings. The highest BCUT2D eigenvalue weighted by Crippen LogP contribution is 2.40. The van der Waals surface area contributed by atoms with Gasteiger partial charge in [0, 0.05) is 29.4 Å². The molecule has 0 spiro atoms. The molecule has 0 radical (unpaired) electrons. The number of aryl methyl sites for hydroxylation is 1. The van der Waals surface area contributed by atoms with Crippen LogP contribution < -0.4 is 10.1 Å². The number of benzene rings is 2. The molecule has 0 saturated carbocycles. The third kappa shape index (κ3) is 6.94. The molecule has 3 N–H and O–H groups in total. The molecule has 43 heavy (non-hydrogen) atoms. The number of carboxylic acids is 2. The Hall–Kier alpha value is -4.51. The monoisotopic (exact) mass is 587 g/mol. The molecule has 3 heterocycles. The van der Waals surface area contributed by atoms with Crippen molar-refractivity contribution < 1.29 is 29.0 Å². The van der Waals surface area contributed by atoms with E-state index in [1.165, 1.54) is 5.56 Å². The Bertz CT molecular complexity index is 1540. The summed E-state index contributed by atoms with van der Waals surface area (Å²) >= 11 is 0. The molecular formula is C32H37N5O6. The van der Waals surface area contributed by atoms with Crippen LogP contribution in [-0.2, 0) is 16.0 Å². The number of ether oxygens (including phenoxy) is 1. The fourth-order valence-corrected chi connectivity index (χ4v) is 6.17. The highest BCUT2D eigenvalue weighted by Gasteiger charge is 2.41. The van der Waals surface area contributed by atoms with Crippen LogP contribution in [0.25, 0.3) is 0 Å². The number of anilines is 2. The first-order valence-corrected chi connectivity index (χ1v) is 14.5. The van der Waals surface area contributed by atoms with Gasteiger partial charge in [-0.3, -0.25) is 9.79 Å². The third-order valence-corrected chi connectivity index (χ3v) is 8.31. The Morgan fingerprint density at radius 1 is 1.05 bits per heavy atom. The van der Waals surface area contributed by atoms with E-state index >= 15 is 0 Å². The molecule has 1 fully saturated rings. The van der Waals surface area contributed by atoms with Crippen LogP contribution in [0.15, 0.2) is 69.2 Å². The summed E-state index contributed by atoms with van der Waals surface area (Å²) in [7, 11) is 1.70. The number of nitrogens with zero attached hydrogens (tertiary/aromatic N) is 4. The molecule has 2 aliphatic heterocycles. The van der Waals surface area contributed by atoms with Gasteiger partial charge in [0.25, 0.3) is 0 Å². The normalized spacial score (nSPS) is 19.7. The van der Waals surface area contributed by atoms with Gasteiger partial charge in [0.05, 0.1) is 12.7 Å². The summed E-state index contributed by atoms with van der Waals surface area (Å²) in [5.41, 5.74) is 3.10. The summed E-state index contributed by atoms with van der Waals surface area (Å²) in [6.07, 6.45) is 3.77. The number of piperidine rings is 1. The molecule has 11 heteroatoms. The van der Waals surface area contributed by atoms with Crippen molar-refractivity contribution in [2.24, 2.45) is 10.9 Å². The molecule has 0 aliphatic carbocycles. The fourth-order valence-electron chi connectivity index (χ4n) is 6.17. The van der Waals surface area contributed by atoms with Gasteiger partial charge in [0.15, 0.2) is 0 Å². The fraction of sp³-hybridized carbons (Fsp3) is 0.406. The van der Waals surface area contributed by atoms with Crippen molar-refractivity contribution in [1.82, 2.24) is 15.1 Å². The van der Waals surface area contributed by atoms with Crippen LogP contribution >= 0.6 is 0 Å². The third-order valence-electron chi connectivity index (χ3n) is 8.31. The standard InChI is InChI=1S/C32H37N5O6/c1-19-27(30(38)39)29(28(31(40)41)20(2)33-19)23-8-4-9-24(17-23)34-32-36-35-26(43-32)11-6-14-37-15-12-21(13-16-37)22-7-5-10-25(18-22)42-3/h4-5,7-10,17-18,21,27,29H,6,11-16H2,1-3H3,(H,34,36)(H,38,39)(H,40,41). The van der Waals surface area contributed by atoms with Gasteiger partial charge < -0.3 is 29.6 Å². The molecule has 2 aromatic carbocycles. The molecule has 3 aromatic rings. The molecule has 1 saturated heterocycles. The summed E-state index contributed by atoms with van der Waals surface area (Å²) in [6.45, 7) is 6.24. The van der Waals surface area contributed by atoms with Crippen molar-refractivity contribution in [1.29, 1.82) is 0 Å². The maximum atomic E-state index is 12.1. The van der Waals surface area contributed by atoms with Crippen molar-refractivity contribution in [3.05, 3.63) is 76.8 Å². The van der Waals surface area contributed by atoms with Gasteiger partial charge in [-0.2, -0.15) is 0 Å². The van der Waals surface area contributed by atoms with E-state index in [2.05, 4.69) is 43.6 Å². The number of allylic oxidation sites excluding steroid dienone is 1. The lowest BCUT2D eigenvalue weighted by Crippen LogP contribution is -2.34. The van der Waals surface area contributed by atoms with E-state index < -0.39 is 23.8 Å². The number of aliphatic imine (C=N–C) groups is 1. The number of rotatable bonds is 11. The second-order valence-electron chi connectivity index (χ2n) is 11.1. The van der Waals surface area contributed by atoms with Crippen molar-refractivity contribution >= 4 is 29.4 Å². The van der Waals surface area contributed by atoms with E-state index in [0.29, 0.717) is 40.9 Å². The average Bonchev–Trinajstić information content (AvgIpc) is 3.43. The molecule has 2 unspecified atom stereocenters. The van der Waals surface area contributed by atoms with Gasteiger partial charge in [0.2, 0.25) is 5.89 Å². The first-order valence-electron chi connectivity index (χ1n) is 14.5. The number of hydrogen-bond acceptors (Lipinski definition) is 9. The van der Waals surface area contributed by atoms with Crippen LogP contribution in [0.3, 0.4) is 0 Å². The average molecular weight is 588 g/mol. The second kappa shape index (κ2) is 13.2. The van der Waals surface area contributed by atoms with E-state index in [1.54, 1.807) is 45.2 Å². The van der Waals surface area contributed by atoms with E-state index in [4.69, 9.17) is 9.15 Å². The van der Waals surface area contributed by atoms with E-state index in [0.717, 1.165) is 44.6 Å². The van der Waals surface area contributed by atoms with E-state index in [1.807, 2.05) is 6.07 Å². The Balaban J connectivity index is 1.16. The Labute approximate surface area is 250 Å². The summed E-state index contributed by atoms with van der Waals surface area (Å²) < 4.78 is 11.2.